The molecule has 0 bridgehead atoms. The fourth-order valence-electron chi connectivity index (χ4n) is 2.26. The van der Waals surface area contributed by atoms with E-state index >= 15 is 0 Å². The van der Waals surface area contributed by atoms with Crippen molar-refractivity contribution >= 4 is 17.8 Å². The number of ether oxygens (including phenoxy) is 4. The van der Waals surface area contributed by atoms with Crippen LogP contribution in [-0.2, 0) is 9.53 Å². The van der Waals surface area contributed by atoms with E-state index in [-0.39, 0.29) is 11.1 Å². The van der Waals surface area contributed by atoms with Gasteiger partial charge in [-0.2, -0.15) is 0 Å². The highest BCUT2D eigenvalue weighted by atomic mass is 16.5. The zero-order valence-corrected chi connectivity index (χ0v) is 15.8. The number of esters is 1. The number of amides is 2. The van der Waals surface area contributed by atoms with Crippen molar-refractivity contribution in [1.29, 1.82) is 0 Å². The third kappa shape index (κ3) is 5.47. The summed E-state index contributed by atoms with van der Waals surface area (Å²) in [5.74, 6) is -0.627. The zero-order chi connectivity index (χ0) is 20.5. The zero-order valence-electron chi connectivity index (χ0n) is 15.8. The molecule has 0 aliphatic heterocycles. The Bertz CT molecular complexity index is 846. The standard InChI is InChI=1S/C20H21NO7/c1-4-27-17-11-14(7-10-16(17)26-3)20(24)28-12-18(22)21-19(23)13-5-8-15(25-2)9-6-13/h5-11H,4,12H2,1-3H3,(H,21,22,23). The van der Waals surface area contributed by atoms with Gasteiger partial charge in [0.05, 0.1) is 26.4 Å². The van der Waals surface area contributed by atoms with Crippen molar-refractivity contribution in [3.8, 4) is 17.2 Å². The molecule has 1 N–H and O–H groups in total. The van der Waals surface area contributed by atoms with E-state index < -0.39 is 24.4 Å². The number of carbonyl (C=O) groups excluding carboxylic acids is 3. The minimum Gasteiger partial charge on any atom is -0.497 e. The molecule has 2 aromatic rings. The molecule has 0 atom stereocenters. The number of rotatable bonds is 8. The molecule has 0 aliphatic rings. The largest absolute Gasteiger partial charge is 0.497 e. The van der Waals surface area contributed by atoms with Gasteiger partial charge in [-0.05, 0) is 49.4 Å². The van der Waals surface area contributed by atoms with Crippen molar-refractivity contribution < 1.29 is 33.3 Å². The lowest BCUT2D eigenvalue weighted by atomic mass is 10.2. The Morgan fingerprint density at radius 1 is 0.893 bits per heavy atom. The van der Waals surface area contributed by atoms with Crippen LogP contribution in [0.25, 0.3) is 0 Å². The van der Waals surface area contributed by atoms with Crippen molar-refractivity contribution in [3.63, 3.8) is 0 Å². The average molecular weight is 387 g/mol. The molecule has 28 heavy (non-hydrogen) atoms. The van der Waals surface area contributed by atoms with E-state index in [1.807, 2.05) is 0 Å². The van der Waals surface area contributed by atoms with Gasteiger partial charge in [0.15, 0.2) is 18.1 Å². The van der Waals surface area contributed by atoms with E-state index in [1.165, 1.54) is 38.5 Å². The van der Waals surface area contributed by atoms with Crippen LogP contribution in [0, 0.1) is 0 Å². The SMILES string of the molecule is CCOc1cc(C(=O)OCC(=O)NC(=O)c2ccc(OC)cc2)ccc1OC. The average Bonchev–Trinajstić information content (AvgIpc) is 2.72. The highest BCUT2D eigenvalue weighted by molar-refractivity contribution is 6.05. The van der Waals surface area contributed by atoms with Crippen LogP contribution in [0.2, 0.25) is 0 Å². The monoisotopic (exact) mass is 387 g/mol. The maximum absolute atomic E-state index is 12.1. The van der Waals surface area contributed by atoms with Crippen molar-refractivity contribution in [1.82, 2.24) is 5.32 Å². The van der Waals surface area contributed by atoms with Gasteiger partial charge in [0.1, 0.15) is 5.75 Å². The van der Waals surface area contributed by atoms with Gasteiger partial charge in [-0.25, -0.2) is 4.79 Å². The second-order valence-electron chi connectivity index (χ2n) is 5.48. The summed E-state index contributed by atoms with van der Waals surface area (Å²) in [4.78, 5) is 36.0. The van der Waals surface area contributed by atoms with Crippen LogP contribution < -0.4 is 19.5 Å². The van der Waals surface area contributed by atoms with Crippen molar-refractivity contribution in [2.75, 3.05) is 27.4 Å². The fraction of sp³-hybridized carbons (Fsp3) is 0.250. The first-order valence-electron chi connectivity index (χ1n) is 8.44. The molecule has 8 nitrogen and oxygen atoms in total. The van der Waals surface area contributed by atoms with Crippen LogP contribution in [0.3, 0.4) is 0 Å². The molecule has 0 saturated heterocycles. The molecule has 148 valence electrons. The summed E-state index contributed by atoms with van der Waals surface area (Å²) in [6.45, 7) is 1.59. The minimum absolute atomic E-state index is 0.193. The van der Waals surface area contributed by atoms with Crippen LogP contribution in [0.4, 0.5) is 0 Å². The Balaban J connectivity index is 1.91. The Kier molecular flexibility index (Phi) is 7.38. The lowest BCUT2D eigenvalue weighted by Gasteiger charge is -2.11. The number of carbonyl (C=O) groups is 3. The van der Waals surface area contributed by atoms with E-state index in [1.54, 1.807) is 25.1 Å². The van der Waals surface area contributed by atoms with Gasteiger partial charge >= 0.3 is 5.97 Å². The van der Waals surface area contributed by atoms with Crippen molar-refractivity contribution in [3.05, 3.63) is 53.6 Å². The number of nitrogens with one attached hydrogen (secondary N) is 1. The number of benzene rings is 2. The molecule has 0 radical (unpaired) electrons. The maximum atomic E-state index is 12.1. The molecule has 2 rings (SSSR count). The van der Waals surface area contributed by atoms with E-state index in [2.05, 4.69) is 5.32 Å². The van der Waals surface area contributed by atoms with Crippen LogP contribution in [0.15, 0.2) is 42.5 Å². The minimum atomic E-state index is -0.743. The van der Waals surface area contributed by atoms with Gasteiger partial charge in [-0.15, -0.1) is 0 Å². The van der Waals surface area contributed by atoms with Gasteiger partial charge in [-0.3, -0.25) is 14.9 Å². The first-order valence-corrected chi connectivity index (χ1v) is 8.44. The highest BCUT2D eigenvalue weighted by Crippen LogP contribution is 2.28. The van der Waals surface area contributed by atoms with E-state index in [9.17, 15) is 14.4 Å². The fourth-order valence-corrected chi connectivity index (χ4v) is 2.26. The van der Waals surface area contributed by atoms with E-state index in [0.717, 1.165) is 0 Å². The molecule has 0 unspecified atom stereocenters. The summed E-state index contributed by atoms with van der Waals surface area (Å²) in [7, 11) is 2.99. The highest BCUT2D eigenvalue weighted by Gasteiger charge is 2.16. The summed E-state index contributed by atoms with van der Waals surface area (Å²) in [5, 5.41) is 2.15. The number of imide groups is 1. The molecule has 0 heterocycles. The second-order valence-corrected chi connectivity index (χ2v) is 5.48. The predicted molar refractivity (Wildman–Crippen MR) is 99.9 cm³/mol. The predicted octanol–water partition coefficient (Wildman–Crippen LogP) is 2.22. The Morgan fingerprint density at radius 3 is 2.18 bits per heavy atom. The van der Waals surface area contributed by atoms with Crippen molar-refractivity contribution in [2.45, 2.75) is 6.92 Å². The first-order chi connectivity index (χ1) is 13.5. The lowest BCUT2D eigenvalue weighted by molar-refractivity contribution is -0.123. The van der Waals surface area contributed by atoms with Crippen LogP contribution >= 0.6 is 0 Å². The molecular formula is C20H21NO7. The van der Waals surface area contributed by atoms with Gasteiger partial charge in [-0.1, -0.05) is 0 Å². The summed E-state index contributed by atoms with van der Waals surface area (Å²) in [6, 6.07) is 10.7. The molecular weight excluding hydrogens is 366 g/mol. The molecule has 2 amide bonds. The van der Waals surface area contributed by atoms with E-state index in [4.69, 9.17) is 18.9 Å². The molecule has 0 aromatic heterocycles. The van der Waals surface area contributed by atoms with Gasteiger partial charge < -0.3 is 18.9 Å². The summed E-state index contributed by atoms with van der Waals surface area (Å²) in [6.07, 6.45) is 0. The maximum Gasteiger partial charge on any atom is 0.338 e. The molecule has 0 saturated carbocycles. The van der Waals surface area contributed by atoms with E-state index in [0.29, 0.717) is 23.9 Å². The molecule has 0 fully saturated rings. The third-order valence-electron chi connectivity index (χ3n) is 3.64. The van der Waals surface area contributed by atoms with Crippen LogP contribution in [0.5, 0.6) is 17.2 Å². The normalized spacial score (nSPS) is 9.96. The third-order valence-corrected chi connectivity index (χ3v) is 3.64. The Hall–Kier alpha value is -3.55. The van der Waals surface area contributed by atoms with Crippen LogP contribution in [0.1, 0.15) is 27.6 Å². The Morgan fingerprint density at radius 2 is 1.57 bits per heavy atom. The lowest BCUT2D eigenvalue weighted by Crippen LogP contribution is -2.34. The number of methoxy groups -OCH3 is 2. The molecule has 8 heteroatoms. The Labute approximate surface area is 162 Å². The van der Waals surface area contributed by atoms with Crippen molar-refractivity contribution in [2.24, 2.45) is 0 Å². The first kappa shape index (κ1) is 20.8. The number of hydrogen-bond donors (Lipinski definition) is 1. The molecule has 0 spiro atoms. The van der Waals surface area contributed by atoms with Gasteiger partial charge in [0.25, 0.3) is 11.8 Å². The number of hydrogen-bond acceptors (Lipinski definition) is 7. The smallest absolute Gasteiger partial charge is 0.338 e. The van der Waals surface area contributed by atoms with Gasteiger partial charge in [0.2, 0.25) is 0 Å². The summed E-state index contributed by atoms with van der Waals surface area (Å²) < 4.78 is 20.5. The second kappa shape index (κ2) is 9.96. The molecule has 2 aromatic carbocycles. The summed E-state index contributed by atoms with van der Waals surface area (Å²) >= 11 is 0. The van der Waals surface area contributed by atoms with Gasteiger partial charge in [0, 0.05) is 5.56 Å². The summed E-state index contributed by atoms with van der Waals surface area (Å²) in [5.41, 5.74) is 0.468. The van der Waals surface area contributed by atoms with Crippen LogP contribution in [-0.4, -0.2) is 45.2 Å². The molecule has 0 aliphatic carbocycles. The quantitative estimate of drug-likeness (QED) is 0.693. The topological polar surface area (TPSA) is 100 Å².